The Labute approximate surface area is 140 Å². The first kappa shape index (κ1) is 18.3. The van der Waals surface area contributed by atoms with E-state index in [1.165, 1.54) is 4.68 Å². The van der Waals surface area contributed by atoms with Crippen molar-refractivity contribution < 1.29 is 22.7 Å². The Hall–Kier alpha value is -1.09. The Kier molecular flexibility index (Phi) is 6.07. The maximum Gasteiger partial charge on any atom is 0.436 e. The van der Waals surface area contributed by atoms with Gasteiger partial charge in [-0.15, -0.1) is 0 Å². The third-order valence-electron chi connectivity index (χ3n) is 3.45. The Morgan fingerprint density at radius 3 is 2.74 bits per heavy atom. The number of hydrogen-bond acceptors (Lipinski definition) is 3. The van der Waals surface area contributed by atoms with E-state index in [1.54, 1.807) is 0 Å². The van der Waals surface area contributed by atoms with E-state index in [2.05, 4.69) is 26.3 Å². The van der Waals surface area contributed by atoms with Gasteiger partial charge in [0.2, 0.25) is 5.91 Å². The second kappa shape index (κ2) is 7.65. The number of nitrogens with zero attached hydrogens (tertiary/aromatic N) is 2. The molecule has 130 valence electrons. The van der Waals surface area contributed by atoms with Crippen LogP contribution in [-0.2, 0) is 22.3 Å². The first-order valence-electron chi connectivity index (χ1n) is 7.52. The fraction of sp³-hybridized carbons (Fsp3) is 0.714. The van der Waals surface area contributed by atoms with Gasteiger partial charge in [0.25, 0.3) is 0 Å². The summed E-state index contributed by atoms with van der Waals surface area (Å²) in [6.45, 7) is 3.24. The summed E-state index contributed by atoms with van der Waals surface area (Å²) in [5.74, 6) is -0.314. The molecule has 1 amide bonds. The van der Waals surface area contributed by atoms with E-state index >= 15 is 0 Å². The summed E-state index contributed by atoms with van der Waals surface area (Å²) >= 11 is 3.00. The standard InChI is InChI=1S/C14H19BrF3N3O2/c1-2-23-7-3-6-19-10(22)8-21-12(9-4-5-9)11(15)13(20-21)14(16,17)18/h9H,2-8H2,1H3,(H,19,22). The average Bonchev–Trinajstić information content (AvgIpc) is 3.22. The smallest absolute Gasteiger partial charge is 0.382 e. The number of ether oxygens (including phenoxy) is 1. The molecular weight excluding hydrogens is 379 g/mol. The van der Waals surface area contributed by atoms with Gasteiger partial charge in [-0.1, -0.05) is 0 Å². The summed E-state index contributed by atoms with van der Waals surface area (Å²) in [6, 6.07) is 0. The van der Waals surface area contributed by atoms with Gasteiger partial charge in [0.15, 0.2) is 5.69 Å². The van der Waals surface area contributed by atoms with Gasteiger partial charge in [0, 0.05) is 25.7 Å². The molecule has 0 bridgehead atoms. The SMILES string of the molecule is CCOCCCNC(=O)Cn1nc(C(F)(F)F)c(Br)c1C1CC1. The molecule has 1 aliphatic carbocycles. The van der Waals surface area contributed by atoms with Crippen molar-refractivity contribution in [3.05, 3.63) is 15.9 Å². The van der Waals surface area contributed by atoms with Gasteiger partial charge in [0.05, 0.1) is 10.2 Å². The third-order valence-corrected chi connectivity index (χ3v) is 4.23. The summed E-state index contributed by atoms with van der Waals surface area (Å²) in [4.78, 5) is 11.9. The van der Waals surface area contributed by atoms with Crippen LogP contribution in [0.25, 0.3) is 0 Å². The number of hydrogen-bond donors (Lipinski definition) is 1. The predicted octanol–water partition coefficient (Wildman–Crippen LogP) is 3.08. The molecule has 5 nitrogen and oxygen atoms in total. The van der Waals surface area contributed by atoms with Crippen LogP contribution < -0.4 is 5.32 Å². The molecule has 1 aromatic heterocycles. The number of carbonyl (C=O) groups is 1. The zero-order chi connectivity index (χ0) is 17.0. The largest absolute Gasteiger partial charge is 0.436 e. The van der Waals surface area contributed by atoms with Gasteiger partial charge in [-0.05, 0) is 42.1 Å². The van der Waals surface area contributed by atoms with Crippen LogP contribution in [0.2, 0.25) is 0 Å². The van der Waals surface area contributed by atoms with Crippen LogP contribution in [0.4, 0.5) is 13.2 Å². The van der Waals surface area contributed by atoms with Crippen LogP contribution in [0, 0.1) is 0 Å². The highest BCUT2D eigenvalue weighted by atomic mass is 79.9. The Bertz CT molecular complexity index is 556. The quantitative estimate of drug-likeness (QED) is 0.685. The average molecular weight is 398 g/mol. The van der Waals surface area contributed by atoms with E-state index in [4.69, 9.17) is 4.74 Å². The monoisotopic (exact) mass is 397 g/mol. The molecule has 9 heteroatoms. The van der Waals surface area contributed by atoms with Crippen LogP contribution in [-0.4, -0.2) is 35.4 Å². The Morgan fingerprint density at radius 1 is 1.48 bits per heavy atom. The fourth-order valence-corrected chi connectivity index (χ4v) is 3.07. The van der Waals surface area contributed by atoms with E-state index in [-0.39, 0.29) is 22.8 Å². The lowest BCUT2D eigenvalue weighted by molar-refractivity contribution is -0.142. The third kappa shape index (κ3) is 4.94. The van der Waals surface area contributed by atoms with Gasteiger partial charge < -0.3 is 10.1 Å². The van der Waals surface area contributed by atoms with Crippen molar-refractivity contribution >= 4 is 21.8 Å². The number of halogens is 4. The molecule has 0 unspecified atom stereocenters. The maximum atomic E-state index is 13.0. The molecule has 1 saturated carbocycles. The minimum absolute atomic E-state index is 0.0405. The number of carbonyl (C=O) groups excluding carboxylic acids is 1. The van der Waals surface area contributed by atoms with Crippen LogP contribution in [0.5, 0.6) is 0 Å². The lowest BCUT2D eigenvalue weighted by Crippen LogP contribution is -2.30. The summed E-state index contributed by atoms with van der Waals surface area (Å²) in [5.41, 5.74) is -0.509. The van der Waals surface area contributed by atoms with Crippen LogP contribution in [0.1, 0.15) is 43.5 Å². The van der Waals surface area contributed by atoms with Crippen LogP contribution in [0.15, 0.2) is 4.47 Å². The van der Waals surface area contributed by atoms with Crippen molar-refractivity contribution in [3.63, 3.8) is 0 Å². The number of nitrogens with one attached hydrogen (secondary N) is 1. The Morgan fingerprint density at radius 2 is 2.17 bits per heavy atom. The van der Waals surface area contributed by atoms with E-state index in [0.29, 0.717) is 31.9 Å². The lowest BCUT2D eigenvalue weighted by Gasteiger charge is -2.08. The molecule has 0 aliphatic heterocycles. The molecule has 1 fully saturated rings. The highest BCUT2D eigenvalue weighted by molar-refractivity contribution is 9.10. The zero-order valence-corrected chi connectivity index (χ0v) is 14.3. The second-order valence-electron chi connectivity index (χ2n) is 5.38. The molecule has 0 saturated heterocycles. The molecular formula is C14H19BrF3N3O2. The first-order chi connectivity index (χ1) is 10.8. The number of alkyl halides is 3. The van der Waals surface area contributed by atoms with Gasteiger partial charge in [-0.25, -0.2) is 0 Å². The molecule has 1 heterocycles. The minimum Gasteiger partial charge on any atom is -0.382 e. The number of amides is 1. The molecule has 23 heavy (non-hydrogen) atoms. The van der Waals surface area contributed by atoms with E-state index < -0.39 is 11.9 Å². The van der Waals surface area contributed by atoms with Gasteiger partial charge in [-0.2, -0.15) is 18.3 Å². The minimum atomic E-state index is -4.54. The van der Waals surface area contributed by atoms with Crippen molar-refractivity contribution in [3.8, 4) is 0 Å². The topological polar surface area (TPSA) is 56.1 Å². The Balaban J connectivity index is 2.00. The van der Waals surface area contributed by atoms with Crippen molar-refractivity contribution in [2.24, 2.45) is 0 Å². The molecule has 1 aliphatic rings. The van der Waals surface area contributed by atoms with Gasteiger partial charge in [0.1, 0.15) is 6.54 Å². The van der Waals surface area contributed by atoms with E-state index in [1.807, 2.05) is 6.92 Å². The predicted molar refractivity (Wildman–Crippen MR) is 81.0 cm³/mol. The number of rotatable bonds is 8. The molecule has 1 aromatic rings. The fourth-order valence-electron chi connectivity index (χ4n) is 2.24. The normalized spacial score (nSPS) is 15.0. The molecule has 0 aromatic carbocycles. The molecule has 0 spiro atoms. The molecule has 2 rings (SSSR count). The molecule has 0 radical (unpaired) electrons. The highest BCUT2D eigenvalue weighted by Crippen LogP contribution is 2.46. The highest BCUT2D eigenvalue weighted by Gasteiger charge is 2.41. The number of aromatic nitrogens is 2. The van der Waals surface area contributed by atoms with Crippen molar-refractivity contribution in [1.82, 2.24) is 15.1 Å². The summed E-state index contributed by atoms with van der Waals surface area (Å²) in [6.07, 6.45) is -2.25. The van der Waals surface area contributed by atoms with Crippen molar-refractivity contribution in [2.45, 2.75) is 44.8 Å². The van der Waals surface area contributed by atoms with Crippen LogP contribution >= 0.6 is 15.9 Å². The zero-order valence-electron chi connectivity index (χ0n) is 12.7. The first-order valence-corrected chi connectivity index (χ1v) is 8.31. The second-order valence-corrected chi connectivity index (χ2v) is 6.17. The maximum absolute atomic E-state index is 13.0. The van der Waals surface area contributed by atoms with Crippen molar-refractivity contribution in [1.29, 1.82) is 0 Å². The van der Waals surface area contributed by atoms with Gasteiger partial charge in [-0.3, -0.25) is 9.48 Å². The summed E-state index contributed by atoms with van der Waals surface area (Å²) in [7, 11) is 0. The summed E-state index contributed by atoms with van der Waals surface area (Å²) in [5, 5.41) is 6.27. The van der Waals surface area contributed by atoms with Crippen LogP contribution in [0.3, 0.4) is 0 Å². The van der Waals surface area contributed by atoms with E-state index in [9.17, 15) is 18.0 Å². The molecule has 0 atom stereocenters. The lowest BCUT2D eigenvalue weighted by atomic mass is 10.2. The van der Waals surface area contributed by atoms with Crippen molar-refractivity contribution in [2.75, 3.05) is 19.8 Å². The van der Waals surface area contributed by atoms with E-state index in [0.717, 1.165) is 12.8 Å². The van der Waals surface area contributed by atoms with Gasteiger partial charge >= 0.3 is 6.18 Å². The summed E-state index contributed by atoms with van der Waals surface area (Å²) < 4.78 is 45.2. The molecule has 1 N–H and O–H groups in total.